The van der Waals surface area contributed by atoms with Crippen LogP contribution in [0.4, 0.5) is 0 Å². The molecule has 0 bridgehead atoms. The van der Waals surface area contributed by atoms with Crippen LogP contribution in [0.15, 0.2) is 30.7 Å². The molecule has 2 rings (SSSR count). The first-order valence-corrected chi connectivity index (χ1v) is 5.28. The maximum atomic E-state index is 12.0. The predicted molar refractivity (Wildman–Crippen MR) is 64.9 cm³/mol. The molecule has 0 spiro atoms. The van der Waals surface area contributed by atoms with Crippen LogP contribution in [0.3, 0.4) is 0 Å². The van der Waals surface area contributed by atoms with Gasteiger partial charge in [0.1, 0.15) is 5.69 Å². The Bertz CT molecular complexity index is 583. The van der Waals surface area contributed by atoms with Crippen molar-refractivity contribution in [3.63, 3.8) is 0 Å². The summed E-state index contributed by atoms with van der Waals surface area (Å²) in [6, 6.07) is 1.78. The van der Waals surface area contributed by atoms with E-state index in [1.165, 1.54) is 6.08 Å². The molecule has 5 heteroatoms. The minimum atomic E-state index is -0.0725. The van der Waals surface area contributed by atoms with Crippen LogP contribution >= 0.6 is 0 Å². The lowest BCUT2D eigenvalue weighted by Crippen LogP contribution is -2.06. The van der Waals surface area contributed by atoms with Gasteiger partial charge in [-0.15, -0.1) is 0 Å². The van der Waals surface area contributed by atoms with E-state index in [9.17, 15) is 4.79 Å². The summed E-state index contributed by atoms with van der Waals surface area (Å²) in [5.41, 5.74) is 1.25. The monoisotopic (exact) mass is 230 g/mol. The van der Waals surface area contributed by atoms with Crippen LogP contribution in [0.5, 0.6) is 0 Å². The van der Waals surface area contributed by atoms with Crippen LogP contribution in [0.25, 0.3) is 5.78 Å². The fourth-order valence-electron chi connectivity index (χ4n) is 1.59. The van der Waals surface area contributed by atoms with Crippen molar-refractivity contribution in [2.24, 2.45) is 0 Å². The molecule has 0 saturated heterocycles. The molecule has 17 heavy (non-hydrogen) atoms. The maximum Gasteiger partial charge on any atom is 0.234 e. The van der Waals surface area contributed by atoms with Crippen molar-refractivity contribution in [2.75, 3.05) is 14.1 Å². The first kappa shape index (κ1) is 11.3. The number of rotatable bonds is 3. The number of hydrogen-bond acceptors (Lipinski definition) is 4. The number of aromatic nitrogens is 3. The highest BCUT2D eigenvalue weighted by molar-refractivity contribution is 6.04. The van der Waals surface area contributed by atoms with Crippen molar-refractivity contribution in [3.05, 3.63) is 42.1 Å². The van der Waals surface area contributed by atoms with Gasteiger partial charge in [0, 0.05) is 38.8 Å². The number of ketones is 1. The minimum Gasteiger partial charge on any atom is -0.383 e. The second-order valence-corrected chi connectivity index (χ2v) is 3.98. The van der Waals surface area contributed by atoms with Gasteiger partial charge >= 0.3 is 0 Å². The van der Waals surface area contributed by atoms with E-state index < -0.39 is 0 Å². The molecule has 0 aliphatic carbocycles. The number of carbonyl (C=O) groups is 1. The molecule has 2 heterocycles. The van der Waals surface area contributed by atoms with E-state index in [-0.39, 0.29) is 5.78 Å². The summed E-state index contributed by atoms with van der Waals surface area (Å²) in [5, 5.41) is 0. The quantitative estimate of drug-likeness (QED) is 0.589. The Labute approximate surface area is 99.4 Å². The van der Waals surface area contributed by atoms with Gasteiger partial charge in [-0.1, -0.05) is 0 Å². The normalized spacial score (nSPS) is 11.2. The Morgan fingerprint density at radius 2 is 2.24 bits per heavy atom. The summed E-state index contributed by atoms with van der Waals surface area (Å²) >= 11 is 0. The highest BCUT2D eigenvalue weighted by Crippen LogP contribution is 2.11. The average molecular weight is 230 g/mol. The number of aryl methyl sites for hydroxylation is 1. The molecule has 0 aromatic carbocycles. The molecule has 0 atom stereocenters. The Kier molecular flexibility index (Phi) is 2.91. The van der Waals surface area contributed by atoms with Gasteiger partial charge in [0.05, 0.1) is 5.69 Å². The van der Waals surface area contributed by atoms with Gasteiger partial charge in [-0.05, 0) is 13.0 Å². The average Bonchev–Trinajstić information content (AvgIpc) is 2.61. The van der Waals surface area contributed by atoms with Gasteiger partial charge < -0.3 is 4.90 Å². The third-order valence-corrected chi connectivity index (χ3v) is 2.34. The van der Waals surface area contributed by atoms with E-state index in [0.29, 0.717) is 17.2 Å². The molecule has 0 aliphatic rings. The summed E-state index contributed by atoms with van der Waals surface area (Å²) in [7, 11) is 3.74. The number of imidazole rings is 1. The smallest absolute Gasteiger partial charge is 0.234 e. The van der Waals surface area contributed by atoms with E-state index >= 15 is 0 Å². The van der Waals surface area contributed by atoms with Crippen LogP contribution in [0.2, 0.25) is 0 Å². The third kappa shape index (κ3) is 2.18. The number of carbonyl (C=O) groups excluding carboxylic acids is 1. The molecule has 0 radical (unpaired) electrons. The summed E-state index contributed by atoms with van der Waals surface area (Å²) in [6.45, 7) is 1.81. The van der Waals surface area contributed by atoms with Crippen molar-refractivity contribution in [3.8, 4) is 0 Å². The molecule has 88 valence electrons. The molecule has 2 aromatic heterocycles. The lowest BCUT2D eigenvalue weighted by molar-refractivity contribution is 0.103. The van der Waals surface area contributed by atoms with Crippen molar-refractivity contribution in [1.82, 2.24) is 19.3 Å². The van der Waals surface area contributed by atoms with Crippen LogP contribution in [-0.2, 0) is 0 Å². The molecule has 0 unspecified atom stereocenters. The highest BCUT2D eigenvalue weighted by atomic mass is 16.1. The van der Waals surface area contributed by atoms with Gasteiger partial charge in [-0.2, -0.15) is 0 Å². The standard InChI is InChI=1S/C12H14N4O/c1-9-11(10(17)5-8-15(2)3)16-7-4-6-13-12(16)14-9/h4-8H,1-3H3/b8-5+. The molecule has 5 nitrogen and oxygen atoms in total. The highest BCUT2D eigenvalue weighted by Gasteiger charge is 2.14. The Balaban J connectivity index is 2.48. The van der Waals surface area contributed by atoms with E-state index in [1.54, 1.807) is 29.1 Å². The number of hydrogen-bond donors (Lipinski definition) is 0. The van der Waals surface area contributed by atoms with E-state index in [1.807, 2.05) is 25.9 Å². The van der Waals surface area contributed by atoms with Gasteiger partial charge in [0.15, 0.2) is 0 Å². The van der Waals surface area contributed by atoms with Crippen molar-refractivity contribution in [2.45, 2.75) is 6.92 Å². The Morgan fingerprint density at radius 1 is 1.47 bits per heavy atom. The molecule has 0 saturated carbocycles. The number of fused-ring (bicyclic) bond motifs is 1. The first-order valence-electron chi connectivity index (χ1n) is 5.28. The molecular formula is C12H14N4O. The van der Waals surface area contributed by atoms with Gasteiger partial charge in [-0.25, -0.2) is 9.97 Å². The summed E-state index contributed by atoms with van der Waals surface area (Å²) < 4.78 is 1.71. The SMILES string of the molecule is Cc1nc2ncccn2c1C(=O)/C=C/N(C)C. The molecule has 0 amide bonds. The molecular weight excluding hydrogens is 216 g/mol. The minimum absolute atomic E-state index is 0.0725. The van der Waals surface area contributed by atoms with E-state index in [4.69, 9.17) is 0 Å². The van der Waals surface area contributed by atoms with Crippen molar-refractivity contribution in [1.29, 1.82) is 0 Å². The van der Waals surface area contributed by atoms with Gasteiger partial charge in [-0.3, -0.25) is 9.20 Å². The lowest BCUT2D eigenvalue weighted by Gasteiger charge is -2.03. The zero-order chi connectivity index (χ0) is 12.4. The topological polar surface area (TPSA) is 50.5 Å². The van der Waals surface area contributed by atoms with E-state index in [0.717, 1.165) is 0 Å². The molecule has 0 fully saturated rings. The van der Waals surface area contributed by atoms with Crippen molar-refractivity contribution < 1.29 is 4.79 Å². The van der Waals surface area contributed by atoms with Gasteiger partial charge in [0.25, 0.3) is 0 Å². The fourth-order valence-corrected chi connectivity index (χ4v) is 1.59. The molecule has 0 N–H and O–H groups in total. The number of nitrogens with zero attached hydrogens (tertiary/aromatic N) is 4. The Hall–Kier alpha value is -2.17. The summed E-state index contributed by atoms with van der Waals surface area (Å²) in [5.74, 6) is 0.475. The van der Waals surface area contributed by atoms with Crippen LogP contribution in [0.1, 0.15) is 16.2 Å². The molecule has 2 aromatic rings. The van der Waals surface area contributed by atoms with Crippen LogP contribution in [0, 0.1) is 6.92 Å². The maximum absolute atomic E-state index is 12.0. The van der Waals surface area contributed by atoms with Crippen LogP contribution in [-0.4, -0.2) is 39.1 Å². The number of allylic oxidation sites excluding steroid dienone is 1. The van der Waals surface area contributed by atoms with Crippen LogP contribution < -0.4 is 0 Å². The lowest BCUT2D eigenvalue weighted by atomic mass is 10.2. The Morgan fingerprint density at radius 3 is 2.94 bits per heavy atom. The largest absolute Gasteiger partial charge is 0.383 e. The van der Waals surface area contributed by atoms with Gasteiger partial charge in [0.2, 0.25) is 11.6 Å². The zero-order valence-corrected chi connectivity index (χ0v) is 10.1. The predicted octanol–water partition coefficient (Wildman–Crippen LogP) is 1.30. The van der Waals surface area contributed by atoms with E-state index in [2.05, 4.69) is 9.97 Å². The second kappa shape index (κ2) is 4.37. The summed E-state index contributed by atoms with van der Waals surface area (Å²) in [4.78, 5) is 22.2. The fraction of sp³-hybridized carbons (Fsp3) is 0.250. The second-order valence-electron chi connectivity index (χ2n) is 3.98. The third-order valence-electron chi connectivity index (χ3n) is 2.34. The zero-order valence-electron chi connectivity index (χ0n) is 10.1. The molecule has 0 aliphatic heterocycles. The first-order chi connectivity index (χ1) is 8.09. The van der Waals surface area contributed by atoms with Crippen molar-refractivity contribution >= 4 is 11.6 Å². The summed E-state index contributed by atoms with van der Waals surface area (Å²) in [6.07, 6.45) is 6.70.